The molecule has 8 rings (SSSR count). The van der Waals surface area contributed by atoms with Crippen molar-refractivity contribution < 1.29 is 4.42 Å². The summed E-state index contributed by atoms with van der Waals surface area (Å²) < 4.78 is 6.51. The van der Waals surface area contributed by atoms with Gasteiger partial charge in [0.2, 0.25) is 0 Å². The minimum absolute atomic E-state index is 0.914. The van der Waals surface area contributed by atoms with Crippen LogP contribution in [0.5, 0.6) is 0 Å². The van der Waals surface area contributed by atoms with Crippen molar-refractivity contribution in [1.29, 1.82) is 0 Å². The van der Waals surface area contributed by atoms with Gasteiger partial charge in [0.25, 0.3) is 0 Å². The quantitative estimate of drug-likeness (QED) is 0.215. The Morgan fingerprint density at radius 1 is 0.400 bits per heavy atom. The van der Waals surface area contributed by atoms with Gasteiger partial charge in [0.05, 0.1) is 0 Å². The van der Waals surface area contributed by atoms with Gasteiger partial charge in [0, 0.05) is 16.3 Å². The first kappa shape index (κ1) is 22.8. The highest BCUT2D eigenvalue weighted by atomic mass is 16.3. The number of benzene rings is 7. The summed E-state index contributed by atoms with van der Waals surface area (Å²) in [5, 5.41) is 7.31. The molecule has 0 saturated heterocycles. The minimum atomic E-state index is 0.914. The molecule has 1 nitrogen and oxygen atoms in total. The highest BCUT2D eigenvalue weighted by Gasteiger charge is 2.20. The maximum absolute atomic E-state index is 6.51. The molecule has 7 aromatic carbocycles. The second-order valence-corrected chi connectivity index (χ2v) is 10.6. The van der Waals surface area contributed by atoms with Crippen LogP contribution in [0, 0.1) is 6.92 Å². The molecule has 40 heavy (non-hydrogen) atoms. The largest absolute Gasteiger partial charge is 0.455 e. The monoisotopic (exact) mass is 510 g/mol. The second kappa shape index (κ2) is 8.97. The number of hydrogen-bond acceptors (Lipinski definition) is 1. The first-order chi connectivity index (χ1) is 19.8. The maximum Gasteiger partial charge on any atom is 0.143 e. The van der Waals surface area contributed by atoms with E-state index in [1.165, 1.54) is 49.4 Å². The lowest BCUT2D eigenvalue weighted by Gasteiger charge is -2.18. The molecular weight excluding hydrogens is 484 g/mol. The predicted molar refractivity (Wildman–Crippen MR) is 170 cm³/mol. The zero-order valence-electron chi connectivity index (χ0n) is 22.2. The third-order valence-corrected chi connectivity index (χ3v) is 8.12. The van der Waals surface area contributed by atoms with Crippen LogP contribution < -0.4 is 0 Å². The van der Waals surface area contributed by atoms with Crippen molar-refractivity contribution in [3.8, 4) is 33.4 Å². The van der Waals surface area contributed by atoms with E-state index in [-0.39, 0.29) is 0 Å². The second-order valence-electron chi connectivity index (χ2n) is 10.6. The van der Waals surface area contributed by atoms with E-state index >= 15 is 0 Å². The van der Waals surface area contributed by atoms with Crippen molar-refractivity contribution in [3.05, 3.63) is 145 Å². The number of fused-ring (bicyclic) bond motifs is 5. The molecular formula is C39H26O. The van der Waals surface area contributed by atoms with E-state index in [1.807, 2.05) is 6.07 Å². The standard InChI is InChI=1S/C39H26O/c1-25-19-21-26(22-20-25)34-23-28(24-35-29-13-9-10-18-36(29)40-39(34)35)38-32-16-7-5-14-30(32)37(27-11-3-2-4-12-27)31-15-6-8-17-33(31)38/h2-24H,1H3. The smallest absolute Gasteiger partial charge is 0.143 e. The molecule has 0 bridgehead atoms. The Balaban J connectivity index is 1.54. The Morgan fingerprint density at radius 3 is 1.55 bits per heavy atom. The molecule has 0 aliphatic rings. The van der Waals surface area contributed by atoms with Gasteiger partial charge < -0.3 is 4.42 Å². The molecule has 1 heteroatoms. The van der Waals surface area contributed by atoms with Gasteiger partial charge >= 0.3 is 0 Å². The van der Waals surface area contributed by atoms with E-state index in [1.54, 1.807) is 0 Å². The van der Waals surface area contributed by atoms with Crippen LogP contribution in [0.3, 0.4) is 0 Å². The fraction of sp³-hybridized carbons (Fsp3) is 0.0256. The maximum atomic E-state index is 6.51. The molecule has 0 saturated carbocycles. The Kier molecular flexibility index (Phi) is 5.11. The van der Waals surface area contributed by atoms with Gasteiger partial charge in [-0.3, -0.25) is 0 Å². The molecule has 1 heterocycles. The Hall–Kier alpha value is -5.14. The van der Waals surface area contributed by atoms with Gasteiger partial charge in [-0.25, -0.2) is 0 Å². The van der Waals surface area contributed by atoms with E-state index in [0.29, 0.717) is 0 Å². The van der Waals surface area contributed by atoms with E-state index in [4.69, 9.17) is 4.42 Å². The molecule has 0 N–H and O–H groups in total. The van der Waals surface area contributed by atoms with Gasteiger partial charge in [-0.2, -0.15) is 0 Å². The summed E-state index contributed by atoms with van der Waals surface area (Å²) in [6.07, 6.45) is 0. The topological polar surface area (TPSA) is 13.1 Å². The fourth-order valence-corrected chi connectivity index (χ4v) is 6.27. The van der Waals surface area contributed by atoms with Gasteiger partial charge in [0.1, 0.15) is 11.2 Å². The minimum Gasteiger partial charge on any atom is -0.455 e. The van der Waals surface area contributed by atoms with Crippen LogP contribution in [0.1, 0.15) is 5.56 Å². The van der Waals surface area contributed by atoms with Crippen molar-refractivity contribution in [1.82, 2.24) is 0 Å². The predicted octanol–water partition coefficient (Wildman–Crippen LogP) is 11.2. The third kappa shape index (κ3) is 3.48. The summed E-state index contributed by atoms with van der Waals surface area (Å²) in [4.78, 5) is 0. The van der Waals surface area contributed by atoms with E-state index < -0.39 is 0 Å². The molecule has 8 aromatic rings. The average molecular weight is 511 g/mol. The fourth-order valence-electron chi connectivity index (χ4n) is 6.27. The average Bonchev–Trinajstić information content (AvgIpc) is 3.39. The number of para-hydroxylation sites is 1. The van der Waals surface area contributed by atoms with Crippen LogP contribution in [0.25, 0.3) is 76.9 Å². The van der Waals surface area contributed by atoms with Crippen LogP contribution in [0.2, 0.25) is 0 Å². The summed E-state index contributed by atoms with van der Waals surface area (Å²) in [6, 6.07) is 50.2. The van der Waals surface area contributed by atoms with E-state index in [9.17, 15) is 0 Å². The summed E-state index contributed by atoms with van der Waals surface area (Å²) in [7, 11) is 0. The van der Waals surface area contributed by atoms with E-state index in [2.05, 4.69) is 140 Å². The van der Waals surface area contributed by atoms with Crippen molar-refractivity contribution in [3.63, 3.8) is 0 Å². The van der Waals surface area contributed by atoms with Crippen LogP contribution in [-0.4, -0.2) is 0 Å². The lowest BCUT2D eigenvalue weighted by atomic mass is 9.85. The van der Waals surface area contributed by atoms with E-state index in [0.717, 1.165) is 33.1 Å². The van der Waals surface area contributed by atoms with Crippen molar-refractivity contribution in [2.24, 2.45) is 0 Å². The zero-order valence-corrected chi connectivity index (χ0v) is 22.2. The van der Waals surface area contributed by atoms with Gasteiger partial charge in [0.15, 0.2) is 0 Å². The molecule has 0 aliphatic heterocycles. The number of aryl methyl sites for hydroxylation is 1. The van der Waals surface area contributed by atoms with Crippen LogP contribution in [0.15, 0.2) is 144 Å². The molecule has 0 unspecified atom stereocenters. The van der Waals surface area contributed by atoms with Crippen molar-refractivity contribution >= 4 is 43.5 Å². The first-order valence-electron chi connectivity index (χ1n) is 13.8. The van der Waals surface area contributed by atoms with Gasteiger partial charge in [-0.15, -0.1) is 0 Å². The first-order valence-corrected chi connectivity index (χ1v) is 13.8. The van der Waals surface area contributed by atoms with Crippen LogP contribution >= 0.6 is 0 Å². The molecule has 0 spiro atoms. The highest BCUT2D eigenvalue weighted by molar-refractivity contribution is 6.22. The van der Waals surface area contributed by atoms with Crippen molar-refractivity contribution in [2.45, 2.75) is 6.92 Å². The van der Waals surface area contributed by atoms with Crippen molar-refractivity contribution in [2.75, 3.05) is 0 Å². The Bertz CT molecular complexity index is 2140. The molecule has 0 fully saturated rings. The Morgan fingerprint density at radius 2 is 0.925 bits per heavy atom. The third-order valence-electron chi connectivity index (χ3n) is 8.12. The summed E-state index contributed by atoms with van der Waals surface area (Å²) in [6.45, 7) is 2.13. The molecule has 0 aliphatic carbocycles. The summed E-state index contributed by atoms with van der Waals surface area (Å²) >= 11 is 0. The molecule has 0 atom stereocenters. The summed E-state index contributed by atoms with van der Waals surface area (Å²) in [5.74, 6) is 0. The molecule has 0 radical (unpaired) electrons. The number of furan rings is 1. The molecule has 1 aromatic heterocycles. The lowest BCUT2D eigenvalue weighted by molar-refractivity contribution is 0.670. The SMILES string of the molecule is Cc1ccc(-c2cc(-c3c4ccccc4c(-c4ccccc4)c4ccccc34)cc3c2oc2ccccc23)cc1. The highest BCUT2D eigenvalue weighted by Crippen LogP contribution is 2.46. The normalized spacial score (nSPS) is 11.6. The van der Waals surface area contributed by atoms with Gasteiger partial charge in [-0.1, -0.05) is 127 Å². The molecule has 188 valence electrons. The molecule has 0 amide bonds. The summed E-state index contributed by atoms with van der Waals surface area (Å²) in [5.41, 5.74) is 10.3. The van der Waals surface area contributed by atoms with Crippen LogP contribution in [-0.2, 0) is 0 Å². The Labute approximate surface area is 232 Å². The lowest BCUT2D eigenvalue weighted by Crippen LogP contribution is -1.91. The zero-order chi connectivity index (χ0) is 26.6. The number of rotatable bonds is 3. The number of hydrogen-bond donors (Lipinski definition) is 0. The van der Waals surface area contributed by atoms with Gasteiger partial charge in [-0.05, 0) is 74.5 Å². The van der Waals surface area contributed by atoms with Crippen LogP contribution in [0.4, 0.5) is 0 Å².